The summed E-state index contributed by atoms with van der Waals surface area (Å²) in [5.41, 5.74) is 2.16. The summed E-state index contributed by atoms with van der Waals surface area (Å²) in [5, 5.41) is 2.94. The predicted octanol–water partition coefficient (Wildman–Crippen LogP) is 4.87. The lowest BCUT2D eigenvalue weighted by atomic mass is 10.2. The van der Waals surface area contributed by atoms with Gasteiger partial charge in [-0.2, -0.15) is 0 Å². The van der Waals surface area contributed by atoms with Gasteiger partial charge in [-0.15, -0.1) is 11.3 Å². The molecule has 0 bridgehead atoms. The molecule has 28 heavy (non-hydrogen) atoms. The number of hydrogen-bond donors (Lipinski definition) is 1. The minimum Gasteiger partial charge on any atom is -0.457 e. The van der Waals surface area contributed by atoms with Crippen LogP contribution in [0.15, 0.2) is 54.7 Å². The van der Waals surface area contributed by atoms with Gasteiger partial charge in [0, 0.05) is 17.6 Å². The molecule has 1 N–H and O–H groups in total. The molecule has 4 aromatic rings. The Kier molecular flexibility index (Phi) is 4.83. The fourth-order valence-electron chi connectivity index (χ4n) is 2.96. The Morgan fingerprint density at radius 2 is 1.96 bits per heavy atom. The van der Waals surface area contributed by atoms with E-state index >= 15 is 0 Å². The van der Waals surface area contributed by atoms with Crippen molar-refractivity contribution in [1.29, 1.82) is 0 Å². The molecule has 4 rings (SSSR count). The Morgan fingerprint density at radius 1 is 1.18 bits per heavy atom. The van der Waals surface area contributed by atoms with Gasteiger partial charge >= 0.3 is 0 Å². The van der Waals surface area contributed by atoms with Crippen LogP contribution in [-0.2, 0) is 6.54 Å². The summed E-state index contributed by atoms with van der Waals surface area (Å²) in [5.74, 6) is 0.684. The Morgan fingerprint density at radius 3 is 2.75 bits per heavy atom. The number of ether oxygens (including phenoxy) is 1. The van der Waals surface area contributed by atoms with Crippen LogP contribution in [0.5, 0.6) is 11.5 Å². The van der Waals surface area contributed by atoms with Crippen molar-refractivity contribution in [3.05, 3.63) is 82.4 Å². The summed E-state index contributed by atoms with van der Waals surface area (Å²) in [6, 6.07) is 13.3. The van der Waals surface area contributed by atoms with Crippen molar-refractivity contribution in [2.45, 2.75) is 20.4 Å². The number of nitrogens with zero attached hydrogens (tertiary/aromatic N) is 2. The molecule has 0 fully saturated rings. The minimum absolute atomic E-state index is 0.173. The molecule has 7 heteroatoms. The van der Waals surface area contributed by atoms with Crippen molar-refractivity contribution in [3.63, 3.8) is 0 Å². The first-order valence-corrected chi connectivity index (χ1v) is 9.57. The molecule has 0 unspecified atom stereocenters. The number of nitrogens with one attached hydrogen (secondary N) is 1. The quantitative estimate of drug-likeness (QED) is 0.524. The zero-order valence-electron chi connectivity index (χ0n) is 15.4. The number of aryl methyl sites for hydroxylation is 2. The van der Waals surface area contributed by atoms with E-state index in [1.165, 1.54) is 12.1 Å². The zero-order chi connectivity index (χ0) is 19.7. The highest BCUT2D eigenvalue weighted by Gasteiger charge is 2.17. The molecule has 2 aromatic carbocycles. The van der Waals surface area contributed by atoms with Gasteiger partial charge in [-0.1, -0.05) is 12.1 Å². The van der Waals surface area contributed by atoms with Crippen LogP contribution in [0.1, 0.15) is 26.6 Å². The molecule has 0 saturated carbocycles. The van der Waals surface area contributed by atoms with Crippen LogP contribution in [-0.4, -0.2) is 15.3 Å². The number of halogens is 1. The SMILES string of the molecule is Cc1cn2c(C(=O)NCc3cccc(Oc4ccc(F)cc4)c3)c(C)nc2s1. The first kappa shape index (κ1) is 18.2. The van der Waals surface area contributed by atoms with Crippen molar-refractivity contribution in [3.8, 4) is 11.5 Å². The Bertz CT molecular complexity index is 1150. The summed E-state index contributed by atoms with van der Waals surface area (Å²) < 4.78 is 20.6. The highest BCUT2D eigenvalue weighted by Crippen LogP contribution is 2.23. The smallest absolute Gasteiger partial charge is 0.270 e. The highest BCUT2D eigenvalue weighted by atomic mass is 32.1. The van der Waals surface area contributed by atoms with Gasteiger partial charge in [0.25, 0.3) is 5.91 Å². The molecule has 0 saturated heterocycles. The van der Waals surface area contributed by atoms with Crippen molar-refractivity contribution in [1.82, 2.24) is 14.7 Å². The van der Waals surface area contributed by atoms with Crippen LogP contribution >= 0.6 is 11.3 Å². The molecule has 1 amide bonds. The number of thiazole rings is 1. The van der Waals surface area contributed by atoms with E-state index in [1.54, 1.807) is 23.5 Å². The molecule has 0 atom stereocenters. The first-order valence-electron chi connectivity index (χ1n) is 8.75. The molecule has 0 spiro atoms. The second kappa shape index (κ2) is 7.44. The molecule has 2 aromatic heterocycles. The number of imidazole rings is 1. The maximum atomic E-state index is 13.0. The lowest BCUT2D eigenvalue weighted by molar-refractivity contribution is 0.0944. The standard InChI is InChI=1S/C21H18FN3O2S/c1-13-12-25-19(14(2)24-21(25)28-13)20(26)23-11-15-4-3-5-18(10-15)27-17-8-6-16(22)7-9-17/h3-10,12H,11H2,1-2H3,(H,23,26). The molecule has 142 valence electrons. The number of benzene rings is 2. The Labute approximate surface area is 165 Å². The van der Waals surface area contributed by atoms with E-state index < -0.39 is 0 Å². The molecule has 2 heterocycles. The van der Waals surface area contributed by atoms with E-state index in [9.17, 15) is 9.18 Å². The van der Waals surface area contributed by atoms with Crippen molar-refractivity contribution in [2.75, 3.05) is 0 Å². The fourth-order valence-corrected chi connectivity index (χ4v) is 3.83. The van der Waals surface area contributed by atoms with Crippen LogP contribution in [0.25, 0.3) is 4.96 Å². The van der Waals surface area contributed by atoms with E-state index in [4.69, 9.17) is 4.74 Å². The van der Waals surface area contributed by atoms with Crippen molar-refractivity contribution in [2.24, 2.45) is 0 Å². The first-order chi connectivity index (χ1) is 13.5. The summed E-state index contributed by atoms with van der Waals surface area (Å²) in [7, 11) is 0. The van der Waals surface area contributed by atoms with Gasteiger partial charge in [-0.3, -0.25) is 9.20 Å². The van der Waals surface area contributed by atoms with Crippen molar-refractivity contribution >= 4 is 22.2 Å². The molecule has 5 nitrogen and oxygen atoms in total. The van der Waals surface area contributed by atoms with E-state index in [2.05, 4.69) is 10.3 Å². The number of carbonyl (C=O) groups excluding carboxylic acids is 1. The van der Waals surface area contributed by atoms with Gasteiger partial charge in [0.2, 0.25) is 0 Å². The molecule has 0 aliphatic carbocycles. The summed E-state index contributed by atoms with van der Waals surface area (Å²) in [4.78, 5) is 19.1. The Hall–Kier alpha value is -3.19. The van der Waals surface area contributed by atoms with Gasteiger partial charge in [0.1, 0.15) is 23.0 Å². The number of hydrogen-bond acceptors (Lipinski definition) is 4. The lowest BCUT2D eigenvalue weighted by Gasteiger charge is -2.09. The third kappa shape index (κ3) is 3.75. The van der Waals surface area contributed by atoms with Crippen LogP contribution < -0.4 is 10.1 Å². The third-order valence-electron chi connectivity index (χ3n) is 4.23. The monoisotopic (exact) mass is 395 g/mol. The topological polar surface area (TPSA) is 55.6 Å². The number of fused-ring (bicyclic) bond motifs is 1. The van der Waals surface area contributed by atoms with Crippen LogP contribution in [0, 0.1) is 19.7 Å². The number of aromatic nitrogens is 2. The molecule has 0 aliphatic rings. The number of rotatable bonds is 5. The second-order valence-corrected chi connectivity index (χ2v) is 7.64. The largest absolute Gasteiger partial charge is 0.457 e. The summed E-state index contributed by atoms with van der Waals surface area (Å²) in [6.45, 7) is 4.18. The van der Waals surface area contributed by atoms with Crippen molar-refractivity contribution < 1.29 is 13.9 Å². The Balaban J connectivity index is 1.46. The van der Waals surface area contributed by atoms with Gasteiger partial charge in [-0.25, -0.2) is 9.37 Å². The molecule has 0 radical (unpaired) electrons. The second-order valence-electron chi connectivity index (χ2n) is 6.43. The van der Waals surface area contributed by atoms with E-state index in [0.717, 1.165) is 15.4 Å². The third-order valence-corrected chi connectivity index (χ3v) is 5.13. The fraction of sp³-hybridized carbons (Fsp3) is 0.143. The normalized spacial score (nSPS) is 11.0. The van der Waals surface area contributed by atoms with Gasteiger partial charge in [0.15, 0.2) is 4.96 Å². The average molecular weight is 395 g/mol. The van der Waals surface area contributed by atoms with E-state index in [0.29, 0.717) is 29.4 Å². The maximum Gasteiger partial charge on any atom is 0.270 e. The number of carbonyl (C=O) groups is 1. The van der Waals surface area contributed by atoms with Gasteiger partial charge < -0.3 is 10.1 Å². The lowest BCUT2D eigenvalue weighted by Crippen LogP contribution is -2.24. The van der Waals surface area contributed by atoms with Crippen LogP contribution in [0.2, 0.25) is 0 Å². The zero-order valence-corrected chi connectivity index (χ0v) is 16.2. The molecular weight excluding hydrogens is 377 g/mol. The highest BCUT2D eigenvalue weighted by molar-refractivity contribution is 7.17. The van der Waals surface area contributed by atoms with Crippen LogP contribution in [0.4, 0.5) is 4.39 Å². The van der Waals surface area contributed by atoms with E-state index in [1.807, 2.05) is 48.7 Å². The average Bonchev–Trinajstić information content (AvgIpc) is 3.16. The van der Waals surface area contributed by atoms with Crippen LogP contribution in [0.3, 0.4) is 0 Å². The predicted molar refractivity (Wildman–Crippen MR) is 107 cm³/mol. The summed E-state index contributed by atoms with van der Waals surface area (Å²) >= 11 is 1.55. The van der Waals surface area contributed by atoms with Gasteiger partial charge in [-0.05, 0) is 55.8 Å². The van der Waals surface area contributed by atoms with Gasteiger partial charge in [0.05, 0.1) is 5.69 Å². The van der Waals surface area contributed by atoms with E-state index in [-0.39, 0.29) is 11.7 Å². The maximum absolute atomic E-state index is 13.0. The number of amides is 1. The summed E-state index contributed by atoms with van der Waals surface area (Å²) in [6.07, 6.45) is 1.92. The molecule has 0 aliphatic heterocycles. The minimum atomic E-state index is -0.311. The molecular formula is C21H18FN3O2S.